The Morgan fingerprint density at radius 3 is 1.52 bits per heavy atom. The number of benzene rings is 2. The van der Waals surface area contributed by atoms with E-state index in [4.69, 9.17) is 42.4 Å². The zero-order valence-electron chi connectivity index (χ0n) is 34.7. The van der Waals surface area contributed by atoms with Gasteiger partial charge in [-0.25, -0.2) is 0 Å². The van der Waals surface area contributed by atoms with Crippen molar-refractivity contribution in [2.75, 3.05) is 79.3 Å². The Hall–Kier alpha value is -2.37. The Balaban J connectivity index is 1.47. The normalized spacial score (nSPS) is 16.1. The van der Waals surface area contributed by atoms with Gasteiger partial charge in [0.05, 0.1) is 72.2 Å². The highest BCUT2D eigenvalue weighted by molar-refractivity contribution is 7.51. The Labute approximate surface area is 337 Å². The van der Waals surface area contributed by atoms with E-state index in [1.54, 1.807) is 19.1 Å². The molecule has 0 radical (unpaired) electrons. The molecule has 2 aromatic carbocycles. The average Bonchev–Trinajstić information content (AvgIpc) is 3.18. The number of hydrogen-bond donors (Lipinski definition) is 1. The van der Waals surface area contributed by atoms with E-state index in [1.807, 2.05) is 24.3 Å². The van der Waals surface area contributed by atoms with Crippen LogP contribution in [0.5, 0.6) is 23.0 Å². The first-order chi connectivity index (χ1) is 27.5. The molecule has 0 saturated heterocycles. The van der Waals surface area contributed by atoms with Gasteiger partial charge in [0.2, 0.25) is 0 Å². The summed E-state index contributed by atoms with van der Waals surface area (Å²) in [4.78, 5) is 10.4. The van der Waals surface area contributed by atoms with Gasteiger partial charge in [-0.15, -0.1) is 0 Å². The van der Waals surface area contributed by atoms with Crippen molar-refractivity contribution in [3.8, 4) is 23.0 Å². The first kappa shape index (κ1) is 48.0. The van der Waals surface area contributed by atoms with Crippen LogP contribution >= 0.6 is 7.60 Å². The zero-order valence-corrected chi connectivity index (χ0v) is 35.5. The summed E-state index contributed by atoms with van der Waals surface area (Å²) in [5, 5.41) is 0. The van der Waals surface area contributed by atoms with Gasteiger partial charge in [-0.3, -0.25) is 4.57 Å². The predicted octanol–water partition coefficient (Wildman–Crippen LogP) is 10.5. The average molecular weight is 809 g/mol. The maximum Gasteiger partial charge on any atom is 0.332 e. The third-order valence-corrected chi connectivity index (χ3v) is 10.8. The summed E-state index contributed by atoms with van der Waals surface area (Å²) in [6.45, 7) is 9.38. The molecule has 0 spiro atoms. The summed E-state index contributed by atoms with van der Waals surface area (Å²) in [5.74, 6) is 2.31. The van der Waals surface area contributed by atoms with E-state index in [9.17, 15) is 9.46 Å². The highest BCUT2D eigenvalue weighted by Gasteiger charge is 2.20. The summed E-state index contributed by atoms with van der Waals surface area (Å²) >= 11 is 0. The van der Waals surface area contributed by atoms with Crippen molar-refractivity contribution < 1.29 is 51.9 Å². The van der Waals surface area contributed by atoms with E-state index in [0.717, 1.165) is 18.4 Å². The summed E-state index contributed by atoms with van der Waals surface area (Å²) < 4.78 is 64.6. The molecule has 1 heterocycles. The van der Waals surface area contributed by atoms with Crippen LogP contribution in [0.15, 0.2) is 36.4 Å². The van der Waals surface area contributed by atoms with Gasteiger partial charge in [0, 0.05) is 6.07 Å². The van der Waals surface area contributed by atoms with Gasteiger partial charge < -0.3 is 47.3 Å². The molecular formula is C44H73O11P. The summed E-state index contributed by atoms with van der Waals surface area (Å²) in [6, 6.07) is 11.1. The van der Waals surface area contributed by atoms with Crippen molar-refractivity contribution in [3.05, 3.63) is 47.5 Å². The second-order valence-electron chi connectivity index (χ2n) is 14.4. The Bertz CT molecular complexity index is 1310. The largest absolute Gasteiger partial charge is 0.493 e. The van der Waals surface area contributed by atoms with E-state index in [0.29, 0.717) is 101 Å². The number of fused-ring (bicyclic) bond motifs is 1. The van der Waals surface area contributed by atoms with Crippen LogP contribution in [0.3, 0.4) is 0 Å². The van der Waals surface area contributed by atoms with Gasteiger partial charge in [-0.1, -0.05) is 109 Å². The summed E-state index contributed by atoms with van der Waals surface area (Å²) in [7, 11) is -3.82. The third-order valence-electron chi connectivity index (χ3n) is 9.42. The molecule has 0 aliphatic carbocycles. The molecule has 1 aliphatic heterocycles. The fraction of sp³-hybridized carbons (Fsp3) is 0.727. The van der Waals surface area contributed by atoms with Gasteiger partial charge in [0.15, 0.2) is 11.5 Å². The molecule has 320 valence electrons. The van der Waals surface area contributed by atoms with E-state index in [1.165, 1.54) is 89.9 Å². The van der Waals surface area contributed by atoms with Gasteiger partial charge in [0.25, 0.3) is 0 Å². The quantitative estimate of drug-likeness (QED) is 0.0762. The molecule has 0 fully saturated rings. The van der Waals surface area contributed by atoms with Crippen molar-refractivity contribution in [1.82, 2.24) is 0 Å². The fourth-order valence-corrected chi connectivity index (χ4v) is 7.57. The first-order valence-corrected chi connectivity index (χ1v) is 23.3. The molecule has 3 rings (SSSR count). The highest BCUT2D eigenvalue weighted by Crippen LogP contribution is 2.46. The van der Waals surface area contributed by atoms with Gasteiger partial charge >= 0.3 is 7.60 Å². The molecule has 1 N–H and O–H groups in total. The summed E-state index contributed by atoms with van der Waals surface area (Å²) in [6.07, 6.45) is 20.9. The monoisotopic (exact) mass is 808 g/mol. The predicted molar refractivity (Wildman–Crippen MR) is 222 cm³/mol. The van der Waals surface area contributed by atoms with E-state index >= 15 is 0 Å². The number of hydrogen-bond acceptors (Lipinski definition) is 10. The zero-order chi connectivity index (χ0) is 39.8. The van der Waals surface area contributed by atoms with E-state index in [2.05, 4.69) is 6.92 Å². The number of ether oxygens (including phenoxy) is 8. The second-order valence-corrected chi connectivity index (χ2v) is 16.2. The van der Waals surface area contributed by atoms with Gasteiger partial charge in [0.1, 0.15) is 31.3 Å². The van der Waals surface area contributed by atoms with Crippen molar-refractivity contribution >= 4 is 7.60 Å². The molecule has 11 nitrogen and oxygen atoms in total. The fourth-order valence-electron chi connectivity index (χ4n) is 6.43. The molecular weight excluding hydrogens is 735 g/mol. The smallest absolute Gasteiger partial charge is 0.332 e. The van der Waals surface area contributed by atoms with Crippen LogP contribution in [-0.4, -0.2) is 84.2 Å². The van der Waals surface area contributed by atoms with Crippen molar-refractivity contribution in [2.45, 2.75) is 129 Å². The van der Waals surface area contributed by atoms with Crippen LogP contribution < -0.4 is 18.9 Å². The second kappa shape index (κ2) is 31.6. The van der Waals surface area contributed by atoms with Crippen molar-refractivity contribution in [3.63, 3.8) is 0 Å². The Kier molecular flexibility index (Phi) is 27.1. The molecule has 1 aliphatic rings. The third kappa shape index (κ3) is 23.8. The van der Waals surface area contributed by atoms with Crippen LogP contribution in [-0.2, 0) is 40.8 Å². The molecule has 0 amide bonds. The van der Waals surface area contributed by atoms with Crippen LogP contribution in [0.1, 0.15) is 128 Å². The molecule has 0 aromatic heterocycles. The minimum atomic E-state index is -3.82. The molecule has 0 bridgehead atoms. The maximum atomic E-state index is 12.7. The van der Waals surface area contributed by atoms with E-state index < -0.39 is 7.60 Å². The number of rotatable bonds is 25. The Morgan fingerprint density at radius 2 is 1.00 bits per heavy atom. The van der Waals surface area contributed by atoms with Crippen molar-refractivity contribution in [2.24, 2.45) is 0 Å². The summed E-state index contributed by atoms with van der Waals surface area (Å²) in [5.41, 5.74) is 1.47. The maximum absolute atomic E-state index is 12.7. The topological polar surface area (TPSA) is 120 Å². The van der Waals surface area contributed by atoms with Gasteiger partial charge in [-0.2, -0.15) is 0 Å². The number of unbranched alkanes of at least 4 members (excludes halogenated alkanes) is 15. The lowest BCUT2D eigenvalue weighted by Crippen LogP contribution is -2.16. The lowest BCUT2D eigenvalue weighted by atomic mass is 10.0. The van der Waals surface area contributed by atoms with E-state index in [-0.39, 0.29) is 19.4 Å². The van der Waals surface area contributed by atoms with Crippen LogP contribution in [0.2, 0.25) is 0 Å². The molecule has 56 heavy (non-hydrogen) atoms. The minimum Gasteiger partial charge on any atom is -0.493 e. The lowest BCUT2D eigenvalue weighted by molar-refractivity contribution is -0.00842. The minimum absolute atomic E-state index is 0.137. The van der Waals surface area contributed by atoms with Crippen LogP contribution in [0, 0.1) is 0 Å². The van der Waals surface area contributed by atoms with Crippen LogP contribution in [0.25, 0.3) is 0 Å². The lowest BCUT2D eigenvalue weighted by Gasteiger charge is -2.16. The standard InChI is InChI=1S/C44H73O11P/c1-3-5-6-7-8-9-10-11-12-13-14-15-16-17-18-19-22-51-41-33-40(38-56(45,46)55-4-2)34-42(36-41)54-37-39-20-21-43-44(35-39)53-32-30-50-28-26-48-24-23-47-25-27-49-29-31-52-43/h20-21,33-36H,3-19,22-32,37-38H2,1-2H3,(H,45,46). The molecule has 1 atom stereocenters. The van der Waals surface area contributed by atoms with Crippen molar-refractivity contribution in [1.29, 1.82) is 0 Å². The van der Waals surface area contributed by atoms with Gasteiger partial charge in [-0.05, 0) is 48.7 Å². The highest BCUT2D eigenvalue weighted by atomic mass is 31.2. The van der Waals surface area contributed by atoms with Crippen LogP contribution in [0.4, 0.5) is 0 Å². The molecule has 2 aromatic rings. The Morgan fingerprint density at radius 1 is 0.536 bits per heavy atom. The molecule has 12 heteroatoms. The molecule has 0 saturated carbocycles. The SMILES string of the molecule is CCCCCCCCCCCCCCCCCCOc1cc(CP(=O)(O)OCC)cc(OCc2ccc3c(c2)OCCOCCOCCOCCOCCO3)c1. The molecule has 1 unspecified atom stereocenters. The first-order valence-electron chi connectivity index (χ1n) is 21.5.